The Bertz CT molecular complexity index is 434. The normalized spacial score (nSPS) is 21.8. The third-order valence-corrected chi connectivity index (χ3v) is 3.74. The highest BCUT2D eigenvalue weighted by Gasteiger charge is 2.34. The van der Waals surface area contributed by atoms with Crippen LogP contribution in [0, 0.1) is 0 Å². The molecule has 17 heavy (non-hydrogen) atoms. The SMILES string of the molecule is CCNC1CC(C)(C)Oc2c(Br)cc(Cl)cc21. The number of fused-ring (bicyclic) bond motifs is 1. The Balaban J connectivity index is 2.48. The summed E-state index contributed by atoms with van der Waals surface area (Å²) in [5, 5.41) is 4.23. The summed E-state index contributed by atoms with van der Waals surface area (Å²) in [7, 11) is 0. The third kappa shape index (κ3) is 2.78. The lowest BCUT2D eigenvalue weighted by atomic mass is 9.90. The molecule has 2 rings (SSSR count). The van der Waals surface area contributed by atoms with Crippen molar-refractivity contribution in [3.8, 4) is 5.75 Å². The number of hydrogen-bond donors (Lipinski definition) is 1. The van der Waals surface area contributed by atoms with Gasteiger partial charge < -0.3 is 10.1 Å². The maximum Gasteiger partial charge on any atom is 0.139 e. The summed E-state index contributed by atoms with van der Waals surface area (Å²) >= 11 is 9.63. The molecule has 0 bridgehead atoms. The van der Waals surface area contributed by atoms with Gasteiger partial charge in [-0.3, -0.25) is 0 Å². The van der Waals surface area contributed by atoms with E-state index in [1.165, 1.54) is 0 Å². The summed E-state index contributed by atoms with van der Waals surface area (Å²) in [4.78, 5) is 0. The standard InChI is InChI=1S/C13H17BrClNO/c1-4-16-11-7-13(2,3)17-12-9(11)5-8(15)6-10(12)14/h5-6,11,16H,4,7H2,1-3H3. The topological polar surface area (TPSA) is 21.3 Å². The first-order valence-electron chi connectivity index (χ1n) is 5.84. The maximum atomic E-state index is 6.11. The first-order chi connectivity index (χ1) is 7.93. The van der Waals surface area contributed by atoms with E-state index in [-0.39, 0.29) is 5.60 Å². The lowest BCUT2D eigenvalue weighted by Crippen LogP contribution is -2.39. The first-order valence-corrected chi connectivity index (χ1v) is 7.01. The molecule has 0 saturated heterocycles. The van der Waals surface area contributed by atoms with Crippen LogP contribution in [-0.2, 0) is 0 Å². The van der Waals surface area contributed by atoms with E-state index in [0.717, 1.165) is 33.8 Å². The predicted octanol–water partition coefficient (Wildman–Crippen LogP) is 4.31. The van der Waals surface area contributed by atoms with E-state index in [0.29, 0.717) is 6.04 Å². The Labute approximate surface area is 116 Å². The van der Waals surface area contributed by atoms with Crippen LogP contribution in [0.5, 0.6) is 5.75 Å². The van der Waals surface area contributed by atoms with E-state index in [9.17, 15) is 0 Å². The van der Waals surface area contributed by atoms with Crippen molar-refractivity contribution in [1.29, 1.82) is 0 Å². The molecule has 0 radical (unpaired) electrons. The van der Waals surface area contributed by atoms with Crippen LogP contribution in [0.15, 0.2) is 16.6 Å². The average Bonchev–Trinajstić information content (AvgIpc) is 2.19. The highest BCUT2D eigenvalue weighted by atomic mass is 79.9. The molecule has 0 spiro atoms. The van der Waals surface area contributed by atoms with Crippen molar-refractivity contribution < 1.29 is 4.74 Å². The van der Waals surface area contributed by atoms with Gasteiger partial charge in [0.05, 0.1) is 4.47 Å². The average molecular weight is 319 g/mol. The molecule has 0 saturated carbocycles. The second-order valence-electron chi connectivity index (χ2n) is 4.98. The van der Waals surface area contributed by atoms with Gasteiger partial charge in [0.25, 0.3) is 0 Å². The van der Waals surface area contributed by atoms with Crippen LogP contribution in [-0.4, -0.2) is 12.1 Å². The molecule has 1 unspecified atom stereocenters. The Kier molecular flexibility index (Phi) is 3.71. The highest BCUT2D eigenvalue weighted by Crippen LogP contribution is 2.44. The summed E-state index contributed by atoms with van der Waals surface area (Å²) in [6, 6.07) is 4.17. The summed E-state index contributed by atoms with van der Waals surface area (Å²) in [6.07, 6.45) is 0.945. The van der Waals surface area contributed by atoms with E-state index in [1.807, 2.05) is 12.1 Å². The van der Waals surface area contributed by atoms with Gasteiger partial charge in [-0.2, -0.15) is 0 Å². The monoisotopic (exact) mass is 317 g/mol. The minimum atomic E-state index is -0.157. The molecule has 1 atom stereocenters. The van der Waals surface area contributed by atoms with Crippen molar-refractivity contribution >= 4 is 27.5 Å². The molecule has 0 aliphatic carbocycles. The van der Waals surface area contributed by atoms with E-state index < -0.39 is 0 Å². The molecule has 2 nitrogen and oxygen atoms in total. The quantitative estimate of drug-likeness (QED) is 0.877. The van der Waals surface area contributed by atoms with E-state index in [2.05, 4.69) is 42.0 Å². The Morgan fingerprint density at radius 3 is 2.88 bits per heavy atom. The van der Waals surface area contributed by atoms with Gasteiger partial charge in [-0.15, -0.1) is 0 Å². The largest absolute Gasteiger partial charge is 0.486 e. The minimum Gasteiger partial charge on any atom is -0.486 e. The molecule has 0 aromatic heterocycles. The number of hydrogen-bond acceptors (Lipinski definition) is 2. The van der Waals surface area contributed by atoms with Gasteiger partial charge in [-0.05, 0) is 48.5 Å². The van der Waals surface area contributed by atoms with Gasteiger partial charge >= 0.3 is 0 Å². The van der Waals surface area contributed by atoms with Gasteiger partial charge in [0.15, 0.2) is 0 Å². The zero-order valence-electron chi connectivity index (χ0n) is 10.3. The van der Waals surface area contributed by atoms with Crippen LogP contribution in [0.2, 0.25) is 5.02 Å². The van der Waals surface area contributed by atoms with Crippen LogP contribution in [0.4, 0.5) is 0 Å². The molecule has 1 aliphatic rings. The predicted molar refractivity (Wildman–Crippen MR) is 74.9 cm³/mol. The van der Waals surface area contributed by atoms with Gasteiger partial charge in [0, 0.05) is 23.0 Å². The van der Waals surface area contributed by atoms with Crippen molar-refractivity contribution in [3.63, 3.8) is 0 Å². The van der Waals surface area contributed by atoms with Gasteiger partial charge in [-0.25, -0.2) is 0 Å². The zero-order chi connectivity index (χ0) is 12.6. The van der Waals surface area contributed by atoms with E-state index in [1.54, 1.807) is 0 Å². The van der Waals surface area contributed by atoms with Crippen LogP contribution < -0.4 is 10.1 Å². The van der Waals surface area contributed by atoms with Crippen LogP contribution in [0.3, 0.4) is 0 Å². The highest BCUT2D eigenvalue weighted by molar-refractivity contribution is 9.10. The molecular weight excluding hydrogens is 302 g/mol. The first kappa shape index (κ1) is 13.2. The molecule has 1 aromatic rings. The summed E-state index contributed by atoms with van der Waals surface area (Å²) in [5.74, 6) is 0.914. The van der Waals surface area contributed by atoms with Crippen molar-refractivity contribution in [2.45, 2.75) is 38.8 Å². The number of halogens is 2. The number of rotatable bonds is 2. The van der Waals surface area contributed by atoms with Crippen molar-refractivity contribution in [2.75, 3.05) is 6.54 Å². The zero-order valence-corrected chi connectivity index (χ0v) is 12.7. The summed E-state index contributed by atoms with van der Waals surface area (Å²) < 4.78 is 6.96. The molecule has 1 aromatic carbocycles. The van der Waals surface area contributed by atoms with E-state index >= 15 is 0 Å². The second kappa shape index (κ2) is 4.79. The fraction of sp³-hybridized carbons (Fsp3) is 0.538. The molecule has 4 heteroatoms. The fourth-order valence-electron chi connectivity index (χ4n) is 2.29. The van der Waals surface area contributed by atoms with Gasteiger partial charge in [-0.1, -0.05) is 18.5 Å². The van der Waals surface area contributed by atoms with Gasteiger partial charge in [0.1, 0.15) is 11.4 Å². The lowest BCUT2D eigenvalue weighted by molar-refractivity contribution is 0.0654. The number of nitrogens with one attached hydrogen (secondary N) is 1. The number of ether oxygens (including phenoxy) is 1. The van der Waals surface area contributed by atoms with Gasteiger partial charge in [0.2, 0.25) is 0 Å². The van der Waals surface area contributed by atoms with Crippen LogP contribution in [0.1, 0.15) is 38.8 Å². The Hall–Kier alpha value is -0.250. The van der Waals surface area contributed by atoms with Crippen molar-refractivity contribution in [1.82, 2.24) is 5.32 Å². The lowest BCUT2D eigenvalue weighted by Gasteiger charge is -2.38. The third-order valence-electron chi connectivity index (χ3n) is 2.94. The maximum absolute atomic E-state index is 6.11. The molecule has 94 valence electrons. The molecule has 1 heterocycles. The smallest absolute Gasteiger partial charge is 0.139 e. The Morgan fingerprint density at radius 2 is 2.24 bits per heavy atom. The minimum absolute atomic E-state index is 0.157. The summed E-state index contributed by atoms with van der Waals surface area (Å²) in [6.45, 7) is 7.27. The van der Waals surface area contributed by atoms with Crippen molar-refractivity contribution in [3.05, 3.63) is 27.2 Å². The molecule has 1 aliphatic heterocycles. The molecular formula is C13H17BrClNO. The molecule has 1 N–H and O–H groups in total. The summed E-state index contributed by atoms with van der Waals surface area (Å²) in [5.41, 5.74) is 0.987. The second-order valence-corrected chi connectivity index (χ2v) is 6.27. The van der Waals surface area contributed by atoms with Crippen LogP contribution in [0.25, 0.3) is 0 Å². The fourth-order valence-corrected chi connectivity index (χ4v) is 3.21. The van der Waals surface area contributed by atoms with E-state index in [4.69, 9.17) is 16.3 Å². The van der Waals surface area contributed by atoms with Crippen LogP contribution >= 0.6 is 27.5 Å². The Morgan fingerprint density at radius 1 is 1.53 bits per heavy atom. The molecule has 0 fully saturated rings. The number of benzene rings is 1. The van der Waals surface area contributed by atoms with Crippen molar-refractivity contribution in [2.24, 2.45) is 0 Å². The molecule has 0 amide bonds.